The summed E-state index contributed by atoms with van der Waals surface area (Å²) in [6.07, 6.45) is 4.38. The first-order chi connectivity index (χ1) is 8.70. The van der Waals surface area contributed by atoms with Gasteiger partial charge in [-0.3, -0.25) is 4.79 Å². The van der Waals surface area contributed by atoms with E-state index in [2.05, 4.69) is 0 Å². The van der Waals surface area contributed by atoms with E-state index >= 15 is 0 Å². The van der Waals surface area contributed by atoms with Crippen LogP contribution in [0.25, 0.3) is 0 Å². The smallest absolute Gasteiger partial charge is 0.248 e. The van der Waals surface area contributed by atoms with Crippen LogP contribution in [0.4, 0.5) is 0 Å². The molecule has 1 aromatic carbocycles. The molecule has 1 heterocycles. The highest BCUT2D eigenvalue weighted by atomic mass is 16.5. The van der Waals surface area contributed by atoms with Crippen molar-refractivity contribution >= 4 is 5.91 Å². The van der Waals surface area contributed by atoms with Gasteiger partial charge in [0.2, 0.25) is 5.91 Å². The van der Waals surface area contributed by atoms with Crippen LogP contribution in [-0.4, -0.2) is 25.7 Å². The monoisotopic (exact) mass is 249 g/mol. The Balaban J connectivity index is 2.17. The molecule has 0 saturated carbocycles. The van der Waals surface area contributed by atoms with Crippen molar-refractivity contribution in [2.75, 3.05) is 13.7 Å². The van der Waals surface area contributed by atoms with Crippen LogP contribution in [0, 0.1) is 0 Å². The summed E-state index contributed by atoms with van der Waals surface area (Å²) in [6.45, 7) is 0.822. The summed E-state index contributed by atoms with van der Waals surface area (Å²) in [5.41, 5.74) is 6.80. The van der Waals surface area contributed by atoms with Crippen molar-refractivity contribution in [3.8, 4) is 5.75 Å². The standard InChI is InChI=1S/C14H19NO3/c1-17-13-6-5-10(14(15)16)8-11(13)9-12-4-2-3-7-18-12/h5-6,8,12H,2-4,7,9H2,1H3,(H2,15,16)/t12-/m0/s1. The Morgan fingerprint density at radius 3 is 2.94 bits per heavy atom. The summed E-state index contributed by atoms with van der Waals surface area (Å²) in [4.78, 5) is 11.2. The second kappa shape index (κ2) is 5.87. The van der Waals surface area contributed by atoms with E-state index in [1.807, 2.05) is 0 Å². The summed E-state index contributed by atoms with van der Waals surface area (Å²) < 4.78 is 11.0. The molecule has 0 radical (unpaired) electrons. The number of carbonyl (C=O) groups excluding carboxylic acids is 1. The van der Waals surface area contributed by atoms with Crippen molar-refractivity contribution in [1.82, 2.24) is 0 Å². The zero-order valence-electron chi connectivity index (χ0n) is 10.6. The zero-order chi connectivity index (χ0) is 13.0. The minimum atomic E-state index is -0.413. The van der Waals surface area contributed by atoms with E-state index in [4.69, 9.17) is 15.2 Å². The van der Waals surface area contributed by atoms with E-state index in [0.29, 0.717) is 5.56 Å². The number of hydrogen-bond donors (Lipinski definition) is 1. The molecule has 4 nitrogen and oxygen atoms in total. The molecule has 1 saturated heterocycles. The largest absolute Gasteiger partial charge is 0.496 e. The van der Waals surface area contributed by atoms with Crippen LogP contribution in [0.5, 0.6) is 5.75 Å². The van der Waals surface area contributed by atoms with Gasteiger partial charge in [-0.2, -0.15) is 0 Å². The molecule has 18 heavy (non-hydrogen) atoms. The number of rotatable bonds is 4. The quantitative estimate of drug-likeness (QED) is 0.886. The molecule has 1 aliphatic rings. The van der Waals surface area contributed by atoms with Crippen molar-refractivity contribution < 1.29 is 14.3 Å². The number of ether oxygens (including phenoxy) is 2. The maximum absolute atomic E-state index is 11.2. The Hall–Kier alpha value is -1.55. The first-order valence-corrected chi connectivity index (χ1v) is 6.29. The molecule has 1 aromatic rings. The van der Waals surface area contributed by atoms with E-state index in [0.717, 1.165) is 37.2 Å². The van der Waals surface area contributed by atoms with Gasteiger partial charge in [0, 0.05) is 18.6 Å². The molecule has 0 unspecified atom stereocenters. The van der Waals surface area contributed by atoms with Gasteiger partial charge in [0.15, 0.2) is 0 Å². The first kappa shape index (κ1) is 12.9. The predicted molar refractivity (Wildman–Crippen MR) is 68.8 cm³/mol. The number of nitrogens with two attached hydrogens (primary N) is 1. The Kier molecular flexibility index (Phi) is 4.20. The van der Waals surface area contributed by atoms with Crippen molar-refractivity contribution in [2.24, 2.45) is 5.73 Å². The van der Waals surface area contributed by atoms with Gasteiger partial charge in [-0.1, -0.05) is 0 Å². The molecule has 2 rings (SSSR count). The molecule has 1 aliphatic heterocycles. The minimum Gasteiger partial charge on any atom is -0.496 e. The molecular formula is C14H19NO3. The van der Waals surface area contributed by atoms with E-state index in [1.165, 1.54) is 6.42 Å². The second-order valence-corrected chi connectivity index (χ2v) is 4.58. The fourth-order valence-corrected chi connectivity index (χ4v) is 2.31. The third kappa shape index (κ3) is 3.01. The molecule has 2 N–H and O–H groups in total. The van der Waals surface area contributed by atoms with Crippen LogP contribution in [0.15, 0.2) is 18.2 Å². The maximum Gasteiger partial charge on any atom is 0.248 e. The van der Waals surface area contributed by atoms with Gasteiger partial charge in [0.25, 0.3) is 0 Å². The third-order valence-corrected chi connectivity index (χ3v) is 3.29. The molecule has 4 heteroatoms. The number of carbonyl (C=O) groups is 1. The van der Waals surface area contributed by atoms with Crippen molar-refractivity contribution in [1.29, 1.82) is 0 Å². The van der Waals surface area contributed by atoms with Crippen LogP contribution in [0.3, 0.4) is 0 Å². The van der Waals surface area contributed by atoms with E-state index < -0.39 is 5.91 Å². The lowest BCUT2D eigenvalue weighted by atomic mass is 9.99. The molecule has 1 amide bonds. The van der Waals surface area contributed by atoms with E-state index in [-0.39, 0.29) is 6.10 Å². The van der Waals surface area contributed by atoms with Crippen molar-refractivity contribution in [3.05, 3.63) is 29.3 Å². The lowest BCUT2D eigenvalue weighted by molar-refractivity contribution is 0.0165. The maximum atomic E-state index is 11.2. The Labute approximate surface area is 107 Å². The predicted octanol–water partition coefficient (Wildman–Crippen LogP) is 1.91. The SMILES string of the molecule is COc1ccc(C(N)=O)cc1C[C@@H]1CCCCO1. The number of hydrogen-bond acceptors (Lipinski definition) is 3. The zero-order valence-corrected chi connectivity index (χ0v) is 10.6. The Morgan fingerprint density at radius 2 is 2.33 bits per heavy atom. The molecule has 0 aliphatic carbocycles. The lowest BCUT2D eigenvalue weighted by Gasteiger charge is -2.23. The van der Waals surface area contributed by atoms with Gasteiger partial charge in [-0.25, -0.2) is 0 Å². The van der Waals surface area contributed by atoms with Crippen LogP contribution in [-0.2, 0) is 11.2 Å². The van der Waals surface area contributed by atoms with Crippen LogP contribution < -0.4 is 10.5 Å². The second-order valence-electron chi connectivity index (χ2n) is 4.58. The molecule has 1 atom stereocenters. The fraction of sp³-hybridized carbons (Fsp3) is 0.500. The van der Waals surface area contributed by atoms with Crippen LogP contribution >= 0.6 is 0 Å². The average Bonchev–Trinajstić information content (AvgIpc) is 2.39. The van der Waals surface area contributed by atoms with Gasteiger partial charge in [0.05, 0.1) is 13.2 Å². The average molecular weight is 249 g/mol. The third-order valence-electron chi connectivity index (χ3n) is 3.29. The number of primary amides is 1. The minimum absolute atomic E-state index is 0.218. The molecule has 98 valence electrons. The van der Waals surface area contributed by atoms with Crippen molar-refractivity contribution in [3.63, 3.8) is 0 Å². The highest BCUT2D eigenvalue weighted by Crippen LogP contribution is 2.25. The van der Waals surface area contributed by atoms with E-state index in [9.17, 15) is 4.79 Å². The van der Waals surface area contributed by atoms with Gasteiger partial charge in [0.1, 0.15) is 5.75 Å². The summed E-state index contributed by atoms with van der Waals surface area (Å²) >= 11 is 0. The normalized spacial score (nSPS) is 19.5. The summed E-state index contributed by atoms with van der Waals surface area (Å²) in [6, 6.07) is 5.28. The summed E-state index contributed by atoms with van der Waals surface area (Å²) in [5, 5.41) is 0. The van der Waals surface area contributed by atoms with Crippen LogP contribution in [0.1, 0.15) is 35.2 Å². The molecule has 0 aromatic heterocycles. The van der Waals surface area contributed by atoms with E-state index in [1.54, 1.807) is 25.3 Å². The topological polar surface area (TPSA) is 61.5 Å². The van der Waals surface area contributed by atoms with Gasteiger partial charge >= 0.3 is 0 Å². The molecule has 0 bridgehead atoms. The fourth-order valence-electron chi connectivity index (χ4n) is 2.31. The number of methoxy groups -OCH3 is 1. The highest BCUT2D eigenvalue weighted by molar-refractivity contribution is 5.93. The number of amides is 1. The Morgan fingerprint density at radius 1 is 1.50 bits per heavy atom. The van der Waals surface area contributed by atoms with Gasteiger partial charge in [-0.05, 0) is 43.0 Å². The molecule has 1 fully saturated rings. The molecule has 0 spiro atoms. The lowest BCUT2D eigenvalue weighted by Crippen LogP contribution is -2.22. The number of benzene rings is 1. The first-order valence-electron chi connectivity index (χ1n) is 6.29. The van der Waals surface area contributed by atoms with Gasteiger partial charge < -0.3 is 15.2 Å². The highest BCUT2D eigenvalue weighted by Gasteiger charge is 2.17. The molecular weight excluding hydrogens is 230 g/mol. The Bertz CT molecular complexity index is 425. The van der Waals surface area contributed by atoms with Gasteiger partial charge in [-0.15, -0.1) is 0 Å². The van der Waals surface area contributed by atoms with Crippen molar-refractivity contribution in [2.45, 2.75) is 31.8 Å². The van der Waals surface area contributed by atoms with Crippen LogP contribution in [0.2, 0.25) is 0 Å². The summed E-state index contributed by atoms with van der Waals surface area (Å²) in [5.74, 6) is 0.373. The summed E-state index contributed by atoms with van der Waals surface area (Å²) in [7, 11) is 1.63.